The third-order valence-corrected chi connectivity index (χ3v) is 5.10. The molecule has 0 unspecified atom stereocenters. The number of nitrogens with one attached hydrogen (secondary N) is 2. The maximum Gasteiger partial charge on any atom is 0.239 e. The zero-order valence-electron chi connectivity index (χ0n) is 13.6. The molecule has 128 valence electrons. The number of aryl methyl sites for hydroxylation is 1. The molecule has 2 atom stereocenters. The highest BCUT2D eigenvalue weighted by Gasteiger charge is 2.43. The number of carbonyl (C=O) groups excluding carboxylic acids is 1. The Bertz CT molecular complexity index is 677. The fraction of sp³-hybridized carbons (Fsp3) is 0.688. The van der Waals surface area contributed by atoms with Gasteiger partial charge in [0.15, 0.2) is 5.82 Å². The molecule has 0 aliphatic heterocycles. The first-order valence-corrected chi connectivity index (χ1v) is 8.77. The maximum atomic E-state index is 12.1. The van der Waals surface area contributed by atoms with Crippen LogP contribution < -0.4 is 5.32 Å². The Kier molecular flexibility index (Phi) is 4.27. The molecule has 4 rings (SSSR count). The molecule has 2 heterocycles. The van der Waals surface area contributed by atoms with Crippen LogP contribution in [-0.2, 0) is 11.2 Å². The van der Waals surface area contributed by atoms with Crippen LogP contribution in [0.3, 0.4) is 0 Å². The molecule has 0 saturated heterocycles. The summed E-state index contributed by atoms with van der Waals surface area (Å²) in [6.07, 6.45) is 10.1. The molecule has 2 saturated carbocycles. The Morgan fingerprint density at radius 3 is 3.00 bits per heavy atom. The number of nitrogens with zero attached hydrogens (tertiary/aromatic N) is 4. The minimum absolute atomic E-state index is 0.0673. The van der Waals surface area contributed by atoms with Gasteiger partial charge in [0, 0.05) is 18.9 Å². The van der Waals surface area contributed by atoms with Crippen LogP contribution in [0.2, 0.25) is 0 Å². The first kappa shape index (κ1) is 15.3. The zero-order valence-corrected chi connectivity index (χ0v) is 13.6. The van der Waals surface area contributed by atoms with E-state index in [1.807, 2.05) is 0 Å². The van der Waals surface area contributed by atoms with Gasteiger partial charge in [0.05, 0.1) is 0 Å². The maximum absolute atomic E-state index is 12.1. The van der Waals surface area contributed by atoms with E-state index < -0.39 is 0 Å². The molecule has 1 amide bonds. The van der Waals surface area contributed by atoms with Crippen molar-refractivity contribution in [2.45, 2.75) is 57.4 Å². The molecule has 2 N–H and O–H groups in total. The van der Waals surface area contributed by atoms with Crippen LogP contribution in [0, 0.1) is 11.8 Å². The summed E-state index contributed by atoms with van der Waals surface area (Å²) in [5, 5.41) is 13.4. The Hall–Kier alpha value is -2.25. The predicted molar refractivity (Wildman–Crippen MR) is 84.6 cm³/mol. The van der Waals surface area contributed by atoms with Gasteiger partial charge in [0.25, 0.3) is 0 Å². The molecule has 8 nitrogen and oxygen atoms in total. The summed E-state index contributed by atoms with van der Waals surface area (Å²) in [6, 6.07) is 0.382. The predicted octanol–water partition coefficient (Wildman–Crippen LogP) is 1.87. The number of H-pyrrole nitrogens is 1. The Labute approximate surface area is 139 Å². The molecular formula is C16H22N6O2. The normalized spacial score (nSPS) is 24.0. The van der Waals surface area contributed by atoms with Crippen LogP contribution in [0.1, 0.15) is 50.8 Å². The van der Waals surface area contributed by atoms with Crippen LogP contribution in [0.5, 0.6) is 0 Å². The summed E-state index contributed by atoms with van der Waals surface area (Å²) >= 11 is 0. The van der Waals surface area contributed by atoms with Gasteiger partial charge in [-0.2, -0.15) is 10.1 Å². The summed E-state index contributed by atoms with van der Waals surface area (Å²) < 4.78 is 5.15. The molecule has 2 aliphatic rings. The Morgan fingerprint density at radius 2 is 2.21 bits per heavy atom. The van der Waals surface area contributed by atoms with Crippen LogP contribution in [0.25, 0.3) is 11.6 Å². The summed E-state index contributed by atoms with van der Waals surface area (Å²) in [4.78, 5) is 20.3. The number of carbonyl (C=O) groups is 1. The smallest absolute Gasteiger partial charge is 0.239 e. The zero-order chi connectivity index (χ0) is 16.4. The molecular weight excluding hydrogens is 308 g/mol. The monoisotopic (exact) mass is 330 g/mol. The average Bonchev–Trinajstić information content (AvgIpc) is 3.03. The lowest BCUT2D eigenvalue weighted by Crippen LogP contribution is -2.28. The van der Waals surface area contributed by atoms with Gasteiger partial charge in [-0.3, -0.25) is 9.89 Å². The molecule has 2 aliphatic carbocycles. The van der Waals surface area contributed by atoms with Crippen molar-refractivity contribution in [3.8, 4) is 11.6 Å². The van der Waals surface area contributed by atoms with E-state index in [1.165, 1.54) is 38.4 Å². The standard InChI is InChI=1S/C16H22N6O2/c23-13(19-12-8-11(12)10-4-2-1-3-5-10)6-7-14-20-16(22-24-14)15-17-9-18-21-15/h9-12H,1-8H2,(H,19,23)(H,17,18,21)/t11-,12-/m0/s1. The SMILES string of the molecule is O=C(CCc1nc(-c2ncn[nH]2)no1)N[C@H]1C[C@H]1C1CCCCC1. The summed E-state index contributed by atoms with van der Waals surface area (Å²) in [7, 11) is 0. The van der Waals surface area contributed by atoms with Gasteiger partial charge in [-0.25, -0.2) is 4.98 Å². The van der Waals surface area contributed by atoms with Crippen molar-refractivity contribution in [1.29, 1.82) is 0 Å². The van der Waals surface area contributed by atoms with Gasteiger partial charge in [0.2, 0.25) is 17.6 Å². The van der Waals surface area contributed by atoms with E-state index in [2.05, 4.69) is 30.6 Å². The van der Waals surface area contributed by atoms with E-state index in [-0.39, 0.29) is 5.91 Å². The largest absolute Gasteiger partial charge is 0.353 e. The second kappa shape index (κ2) is 6.70. The van der Waals surface area contributed by atoms with E-state index in [0.29, 0.717) is 42.3 Å². The van der Waals surface area contributed by atoms with Gasteiger partial charge >= 0.3 is 0 Å². The molecule has 2 aromatic rings. The van der Waals surface area contributed by atoms with Crippen molar-refractivity contribution in [2.24, 2.45) is 11.8 Å². The van der Waals surface area contributed by atoms with Crippen molar-refractivity contribution in [3.63, 3.8) is 0 Å². The van der Waals surface area contributed by atoms with E-state index in [4.69, 9.17) is 4.52 Å². The lowest BCUT2D eigenvalue weighted by Gasteiger charge is -2.21. The van der Waals surface area contributed by atoms with E-state index in [1.54, 1.807) is 0 Å². The second-order valence-electron chi connectivity index (χ2n) is 6.82. The number of aromatic amines is 1. The highest BCUT2D eigenvalue weighted by molar-refractivity contribution is 5.76. The minimum Gasteiger partial charge on any atom is -0.353 e. The van der Waals surface area contributed by atoms with Gasteiger partial charge in [-0.1, -0.05) is 37.3 Å². The van der Waals surface area contributed by atoms with Crippen LogP contribution in [0.4, 0.5) is 0 Å². The quantitative estimate of drug-likeness (QED) is 0.837. The fourth-order valence-corrected chi connectivity index (χ4v) is 3.73. The molecule has 8 heteroatoms. The Balaban J connectivity index is 1.21. The third-order valence-electron chi connectivity index (χ3n) is 5.10. The van der Waals surface area contributed by atoms with E-state index in [9.17, 15) is 4.79 Å². The van der Waals surface area contributed by atoms with Crippen molar-refractivity contribution in [3.05, 3.63) is 12.2 Å². The van der Waals surface area contributed by atoms with Crippen molar-refractivity contribution in [2.75, 3.05) is 0 Å². The molecule has 24 heavy (non-hydrogen) atoms. The number of rotatable bonds is 6. The molecule has 2 fully saturated rings. The number of hydrogen-bond donors (Lipinski definition) is 2. The summed E-state index contributed by atoms with van der Waals surface area (Å²) in [5.74, 6) is 2.86. The summed E-state index contributed by atoms with van der Waals surface area (Å²) in [5.41, 5.74) is 0. The molecule has 0 radical (unpaired) electrons. The number of amides is 1. The lowest BCUT2D eigenvalue weighted by atomic mass is 9.85. The van der Waals surface area contributed by atoms with Gasteiger partial charge in [0.1, 0.15) is 6.33 Å². The third kappa shape index (κ3) is 3.47. The molecule has 0 bridgehead atoms. The Morgan fingerprint density at radius 1 is 1.33 bits per heavy atom. The number of hydrogen-bond acceptors (Lipinski definition) is 6. The number of aromatic nitrogens is 5. The van der Waals surface area contributed by atoms with E-state index >= 15 is 0 Å². The minimum atomic E-state index is 0.0673. The first-order valence-electron chi connectivity index (χ1n) is 8.77. The molecule has 0 spiro atoms. The van der Waals surface area contributed by atoms with Crippen molar-refractivity contribution >= 4 is 5.91 Å². The molecule has 0 aromatic carbocycles. The van der Waals surface area contributed by atoms with Crippen LogP contribution >= 0.6 is 0 Å². The highest BCUT2D eigenvalue weighted by atomic mass is 16.5. The highest BCUT2D eigenvalue weighted by Crippen LogP contribution is 2.44. The summed E-state index contributed by atoms with van der Waals surface area (Å²) in [6.45, 7) is 0. The second-order valence-corrected chi connectivity index (χ2v) is 6.82. The molecule has 2 aromatic heterocycles. The fourth-order valence-electron chi connectivity index (χ4n) is 3.73. The topological polar surface area (TPSA) is 110 Å². The van der Waals surface area contributed by atoms with Crippen molar-refractivity contribution in [1.82, 2.24) is 30.6 Å². The van der Waals surface area contributed by atoms with Crippen LogP contribution in [-0.4, -0.2) is 37.3 Å². The first-order chi connectivity index (χ1) is 11.8. The van der Waals surface area contributed by atoms with Crippen LogP contribution in [0.15, 0.2) is 10.9 Å². The van der Waals surface area contributed by atoms with Gasteiger partial charge in [-0.05, 0) is 18.3 Å². The van der Waals surface area contributed by atoms with Gasteiger partial charge in [-0.15, -0.1) is 0 Å². The average molecular weight is 330 g/mol. The van der Waals surface area contributed by atoms with Gasteiger partial charge < -0.3 is 9.84 Å². The van der Waals surface area contributed by atoms with Crippen molar-refractivity contribution < 1.29 is 9.32 Å². The lowest BCUT2D eigenvalue weighted by molar-refractivity contribution is -0.121. The van der Waals surface area contributed by atoms with E-state index in [0.717, 1.165) is 12.3 Å².